The van der Waals surface area contributed by atoms with Gasteiger partial charge in [-0.05, 0) is 32.1 Å². The Balaban J connectivity index is 3.16. The fraction of sp³-hybridized carbons (Fsp3) is 0.733. The molecule has 16 heavy (non-hydrogen) atoms. The first-order chi connectivity index (χ1) is 7.91. The molecule has 1 nitrogen and oxygen atoms in total. The van der Waals surface area contributed by atoms with Crippen LogP contribution in [-0.4, -0.2) is 11.7 Å². The molecule has 92 valence electrons. The van der Waals surface area contributed by atoms with Gasteiger partial charge in [0.25, 0.3) is 0 Å². The van der Waals surface area contributed by atoms with Gasteiger partial charge in [-0.25, -0.2) is 0 Å². The molecular weight excluding hydrogens is 196 g/mol. The normalized spacial score (nSPS) is 10.4. The van der Waals surface area contributed by atoms with E-state index in [4.69, 9.17) is 5.11 Å². The van der Waals surface area contributed by atoms with Gasteiger partial charge >= 0.3 is 0 Å². The zero-order chi connectivity index (χ0) is 11.9. The number of aliphatic hydroxyl groups excluding tert-OH is 1. The number of unbranched alkanes of at least 4 members (excludes halogenated alkanes) is 6. The minimum absolute atomic E-state index is 0.296. The lowest BCUT2D eigenvalue weighted by molar-refractivity contribution is 0.285. The van der Waals surface area contributed by atoms with Crippen molar-refractivity contribution in [1.82, 2.24) is 0 Å². The molecule has 0 aliphatic carbocycles. The lowest BCUT2D eigenvalue weighted by Gasteiger charge is -1.90. The molecule has 0 aromatic carbocycles. The average Bonchev–Trinajstić information content (AvgIpc) is 2.31. The summed E-state index contributed by atoms with van der Waals surface area (Å²) >= 11 is 0. The van der Waals surface area contributed by atoms with Crippen LogP contribution in [-0.2, 0) is 0 Å². The summed E-state index contributed by atoms with van der Waals surface area (Å²) in [5, 5.41) is 8.57. The minimum Gasteiger partial charge on any atom is -0.396 e. The zero-order valence-corrected chi connectivity index (χ0v) is 10.7. The van der Waals surface area contributed by atoms with E-state index in [-0.39, 0.29) is 0 Å². The molecule has 0 aliphatic rings. The van der Waals surface area contributed by atoms with E-state index in [9.17, 15) is 0 Å². The molecule has 0 saturated carbocycles. The van der Waals surface area contributed by atoms with Crippen LogP contribution in [0.4, 0.5) is 0 Å². The second kappa shape index (κ2) is 14.3. The summed E-state index contributed by atoms with van der Waals surface area (Å²) in [5.74, 6) is 6.33. The van der Waals surface area contributed by atoms with Crippen LogP contribution in [0.5, 0.6) is 0 Å². The Labute approximate surface area is 101 Å². The van der Waals surface area contributed by atoms with Gasteiger partial charge in [-0.2, -0.15) is 0 Å². The average molecular weight is 222 g/mol. The molecule has 0 aliphatic heterocycles. The summed E-state index contributed by atoms with van der Waals surface area (Å²) in [6.45, 7) is 2.52. The Morgan fingerprint density at radius 1 is 0.875 bits per heavy atom. The largest absolute Gasteiger partial charge is 0.396 e. The highest BCUT2D eigenvalue weighted by Gasteiger charge is 1.83. The maximum absolute atomic E-state index is 8.57. The number of hydrogen-bond acceptors (Lipinski definition) is 1. The predicted molar refractivity (Wildman–Crippen MR) is 71.2 cm³/mol. The van der Waals surface area contributed by atoms with Crippen molar-refractivity contribution in [3.8, 4) is 11.8 Å². The van der Waals surface area contributed by atoms with Crippen LogP contribution >= 0.6 is 0 Å². The minimum atomic E-state index is 0.296. The van der Waals surface area contributed by atoms with Crippen molar-refractivity contribution in [2.45, 2.75) is 64.7 Å². The molecule has 1 heteroatoms. The van der Waals surface area contributed by atoms with E-state index in [2.05, 4.69) is 30.9 Å². The van der Waals surface area contributed by atoms with Crippen molar-refractivity contribution >= 4 is 0 Å². The van der Waals surface area contributed by atoms with E-state index >= 15 is 0 Å². The maximum Gasteiger partial charge on any atom is 0.0431 e. The summed E-state index contributed by atoms with van der Waals surface area (Å²) in [5.41, 5.74) is 0. The van der Waals surface area contributed by atoms with Crippen molar-refractivity contribution in [2.24, 2.45) is 0 Å². The van der Waals surface area contributed by atoms with Gasteiger partial charge in [-0.15, -0.1) is 11.8 Å². The lowest BCUT2D eigenvalue weighted by atomic mass is 10.2. The fourth-order valence-electron chi connectivity index (χ4n) is 1.37. The van der Waals surface area contributed by atoms with Crippen LogP contribution in [0.15, 0.2) is 12.2 Å². The monoisotopic (exact) mass is 222 g/mol. The van der Waals surface area contributed by atoms with Gasteiger partial charge in [0.15, 0.2) is 0 Å². The van der Waals surface area contributed by atoms with Gasteiger partial charge in [0.2, 0.25) is 0 Å². The predicted octanol–water partition coefficient (Wildman–Crippen LogP) is 4.07. The molecule has 0 radical (unpaired) electrons. The molecule has 0 atom stereocenters. The highest BCUT2D eigenvalue weighted by Crippen LogP contribution is 2.00. The van der Waals surface area contributed by atoms with Crippen LogP contribution in [0.25, 0.3) is 0 Å². The third-order valence-corrected chi connectivity index (χ3v) is 2.40. The summed E-state index contributed by atoms with van der Waals surface area (Å²) in [7, 11) is 0. The van der Waals surface area contributed by atoms with Gasteiger partial charge in [0.05, 0.1) is 0 Å². The quantitative estimate of drug-likeness (QED) is 0.354. The van der Waals surface area contributed by atoms with Gasteiger partial charge in [-0.3, -0.25) is 0 Å². The molecule has 0 amide bonds. The van der Waals surface area contributed by atoms with Crippen molar-refractivity contribution in [2.75, 3.05) is 6.61 Å². The second-order valence-electron chi connectivity index (χ2n) is 4.04. The third-order valence-electron chi connectivity index (χ3n) is 2.40. The van der Waals surface area contributed by atoms with E-state index < -0.39 is 0 Å². The van der Waals surface area contributed by atoms with Crippen LogP contribution in [0.3, 0.4) is 0 Å². The second-order valence-corrected chi connectivity index (χ2v) is 4.04. The van der Waals surface area contributed by atoms with E-state index in [0.717, 1.165) is 32.1 Å². The van der Waals surface area contributed by atoms with Crippen LogP contribution in [0.1, 0.15) is 64.7 Å². The van der Waals surface area contributed by atoms with Gasteiger partial charge in [0, 0.05) is 19.4 Å². The summed E-state index contributed by atoms with van der Waals surface area (Å²) in [4.78, 5) is 0. The molecule has 1 N–H and O–H groups in total. The number of aliphatic hydroxyl groups is 1. The molecular formula is C15H26O. The molecule has 0 bridgehead atoms. The van der Waals surface area contributed by atoms with E-state index in [1.165, 1.54) is 25.7 Å². The molecule has 0 saturated heterocycles. The molecule has 0 aromatic heterocycles. The smallest absolute Gasteiger partial charge is 0.0431 e. The van der Waals surface area contributed by atoms with Gasteiger partial charge < -0.3 is 5.11 Å². The Hall–Kier alpha value is -0.740. The summed E-state index contributed by atoms with van der Waals surface area (Å²) in [6.07, 6.45) is 14.6. The Kier molecular flexibility index (Phi) is 13.6. The highest BCUT2D eigenvalue weighted by molar-refractivity contribution is 4.99. The van der Waals surface area contributed by atoms with Crippen molar-refractivity contribution in [3.63, 3.8) is 0 Å². The topological polar surface area (TPSA) is 20.2 Å². The summed E-state index contributed by atoms with van der Waals surface area (Å²) < 4.78 is 0. The van der Waals surface area contributed by atoms with Gasteiger partial charge in [0.1, 0.15) is 0 Å². The highest BCUT2D eigenvalue weighted by atomic mass is 16.2. The maximum atomic E-state index is 8.57. The van der Waals surface area contributed by atoms with E-state index in [1.54, 1.807) is 0 Å². The molecule has 0 heterocycles. The van der Waals surface area contributed by atoms with Crippen LogP contribution < -0.4 is 0 Å². The lowest BCUT2D eigenvalue weighted by Crippen LogP contribution is -1.80. The van der Waals surface area contributed by atoms with Crippen molar-refractivity contribution < 1.29 is 5.11 Å². The van der Waals surface area contributed by atoms with E-state index in [1.807, 2.05) is 0 Å². The molecule has 0 aromatic rings. The molecule has 0 spiro atoms. The first-order valence-corrected chi connectivity index (χ1v) is 6.63. The Bertz CT molecular complexity index is 207. The number of allylic oxidation sites excluding steroid dienone is 2. The number of rotatable bonds is 9. The summed E-state index contributed by atoms with van der Waals surface area (Å²) in [6, 6.07) is 0. The van der Waals surface area contributed by atoms with Crippen LogP contribution in [0.2, 0.25) is 0 Å². The number of hydrogen-bond donors (Lipinski definition) is 1. The van der Waals surface area contributed by atoms with Crippen molar-refractivity contribution in [3.05, 3.63) is 12.2 Å². The molecule has 0 fully saturated rings. The first kappa shape index (κ1) is 15.3. The van der Waals surface area contributed by atoms with Crippen molar-refractivity contribution in [1.29, 1.82) is 0 Å². The Morgan fingerprint density at radius 2 is 1.50 bits per heavy atom. The zero-order valence-electron chi connectivity index (χ0n) is 10.7. The molecule has 0 rings (SSSR count). The molecule has 0 unspecified atom stereocenters. The fourth-order valence-corrected chi connectivity index (χ4v) is 1.37. The SMILES string of the molecule is CCCC/C=C/CCCC#CCCCCO. The van der Waals surface area contributed by atoms with Crippen LogP contribution in [0, 0.1) is 11.8 Å². The van der Waals surface area contributed by atoms with E-state index in [0.29, 0.717) is 6.61 Å². The third kappa shape index (κ3) is 13.3. The Morgan fingerprint density at radius 3 is 2.12 bits per heavy atom. The standard InChI is InChI=1S/C15H26O/c1-2-3-4-5-6-7-8-9-10-11-12-13-14-15-16/h5-6,16H,2-4,7-9,12-15H2,1H3/b6-5+. The first-order valence-electron chi connectivity index (χ1n) is 6.63. The van der Waals surface area contributed by atoms with Gasteiger partial charge in [-0.1, -0.05) is 31.9 Å².